The zero-order chi connectivity index (χ0) is 18.5. The van der Waals surface area contributed by atoms with E-state index in [-0.39, 0.29) is 36.1 Å². The third-order valence-electron chi connectivity index (χ3n) is 4.63. The lowest BCUT2D eigenvalue weighted by Gasteiger charge is -2.28. The molecule has 1 heterocycles. The molecule has 1 aliphatic rings. The zero-order valence-corrected chi connectivity index (χ0v) is 17.9. The Labute approximate surface area is 176 Å². The second-order valence-corrected chi connectivity index (χ2v) is 6.50. The number of rotatable bonds is 4. The van der Waals surface area contributed by atoms with Crippen LogP contribution in [0.1, 0.15) is 23.1 Å². The number of halogens is 3. The number of aryl methyl sites for hydroxylation is 1. The van der Waals surface area contributed by atoms with Crippen LogP contribution in [-0.2, 0) is 19.5 Å². The van der Waals surface area contributed by atoms with E-state index in [9.17, 15) is 8.78 Å². The van der Waals surface area contributed by atoms with Gasteiger partial charge in [0, 0.05) is 45.0 Å². The number of nitrogens with zero attached hydrogens (tertiary/aromatic N) is 2. The summed E-state index contributed by atoms with van der Waals surface area (Å²) < 4.78 is 26.9. The van der Waals surface area contributed by atoms with E-state index >= 15 is 0 Å². The molecule has 2 aromatic rings. The van der Waals surface area contributed by atoms with Gasteiger partial charge in [0.1, 0.15) is 11.6 Å². The van der Waals surface area contributed by atoms with Gasteiger partial charge in [-0.3, -0.25) is 4.99 Å². The van der Waals surface area contributed by atoms with Gasteiger partial charge in [0.05, 0.1) is 0 Å². The van der Waals surface area contributed by atoms with E-state index in [0.717, 1.165) is 25.1 Å². The fraction of sp³-hybridized carbons (Fsp3) is 0.350. The second-order valence-electron chi connectivity index (χ2n) is 6.50. The van der Waals surface area contributed by atoms with Gasteiger partial charge in [-0.15, -0.1) is 24.0 Å². The Morgan fingerprint density at radius 2 is 1.89 bits per heavy atom. The first kappa shape index (κ1) is 21.4. The van der Waals surface area contributed by atoms with Gasteiger partial charge >= 0.3 is 0 Å². The number of benzene rings is 2. The summed E-state index contributed by atoms with van der Waals surface area (Å²) in [5.41, 5.74) is 4.09. The van der Waals surface area contributed by atoms with Gasteiger partial charge in [0.15, 0.2) is 5.96 Å². The van der Waals surface area contributed by atoms with Crippen LogP contribution in [0.4, 0.5) is 14.5 Å². The second kappa shape index (κ2) is 9.87. The van der Waals surface area contributed by atoms with E-state index in [0.29, 0.717) is 12.5 Å². The molecule has 0 atom stereocenters. The van der Waals surface area contributed by atoms with Crippen molar-refractivity contribution in [3.05, 3.63) is 64.7 Å². The number of aliphatic imine (C=N–C) groups is 1. The maximum Gasteiger partial charge on any atom is 0.191 e. The molecular formula is C20H25F2IN4. The van der Waals surface area contributed by atoms with Crippen LogP contribution in [0, 0.1) is 11.6 Å². The van der Waals surface area contributed by atoms with Crippen LogP contribution in [0.3, 0.4) is 0 Å². The lowest BCUT2D eigenvalue weighted by molar-refractivity contribution is 0.581. The third-order valence-corrected chi connectivity index (χ3v) is 4.63. The molecule has 0 bridgehead atoms. The van der Waals surface area contributed by atoms with Crippen molar-refractivity contribution in [3.8, 4) is 0 Å². The Kier molecular flexibility index (Phi) is 7.82. The predicted molar refractivity (Wildman–Crippen MR) is 117 cm³/mol. The molecule has 0 amide bonds. The van der Waals surface area contributed by atoms with Gasteiger partial charge in [-0.1, -0.05) is 12.1 Å². The Bertz CT molecular complexity index is 811. The molecular weight excluding hydrogens is 461 g/mol. The predicted octanol–water partition coefficient (Wildman–Crippen LogP) is 3.83. The van der Waals surface area contributed by atoms with Crippen molar-refractivity contribution >= 4 is 35.6 Å². The molecule has 2 N–H and O–H groups in total. The number of hydrogen-bond acceptors (Lipinski definition) is 2. The van der Waals surface area contributed by atoms with E-state index in [4.69, 9.17) is 0 Å². The number of nitrogens with one attached hydrogen (secondary N) is 2. The molecule has 3 rings (SSSR count). The average Bonchev–Trinajstić information content (AvgIpc) is 2.64. The van der Waals surface area contributed by atoms with Crippen LogP contribution in [0.25, 0.3) is 0 Å². The van der Waals surface area contributed by atoms with Gasteiger partial charge in [-0.05, 0) is 48.2 Å². The molecule has 0 saturated carbocycles. The summed E-state index contributed by atoms with van der Waals surface area (Å²) in [7, 11) is 3.77. The van der Waals surface area contributed by atoms with Crippen molar-refractivity contribution in [2.24, 2.45) is 4.99 Å². The minimum atomic E-state index is -0.454. The van der Waals surface area contributed by atoms with Gasteiger partial charge < -0.3 is 15.5 Å². The topological polar surface area (TPSA) is 39.7 Å². The van der Waals surface area contributed by atoms with E-state index in [2.05, 4.69) is 45.8 Å². The summed E-state index contributed by atoms with van der Waals surface area (Å²) in [6.07, 6.45) is 2.27. The van der Waals surface area contributed by atoms with Crippen molar-refractivity contribution in [2.45, 2.75) is 25.9 Å². The van der Waals surface area contributed by atoms with Gasteiger partial charge in [-0.2, -0.15) is 0 Å². The SMILES string of the molecule is CN=C(NCc1ccc2c(c1)CCCN2C)NCc1cc(F)ccc1F.I. The summed E-state index contributed by atoms with van der Waals surface area (Å²) in [5, 5.41) is 6.23. The molecule has 7 heteroatoms. The standard InChI is InChI=1S/C20H24F2N4.HI/c1-23-20(25-13-16-11-17(21)6-7-18(16)22)24-12-14-5-8-19-15(10-14)4-3-9-26(19)2;/h5-8,10-11H,3-4,9,12-13H2,1-2H3,(H2,23,24,25);1H. The molecule has 0 aliphatic carbocycles. The van der Waals surface area contributed by atoms with E-state index in [1.165, 1.54) is 29.3 Å². The highest BCUT2D eigenvalue weighted by molar-refractivity contribution is 14.0. The smallest absolute Gasteiger partial charge is 0.191 e. The number of guanidine groups is 1. The molecule has 0 unspecified atom stereocenters. The lowest BCUT2D eigenvalue weighted by Crippen LogP contribution is -2.36. The summed E-state index contributed by atoms with van der Waals surface area (Å²) >= 11 is 0. The van der Waals surface area contributed by atoms with Crippen LogP contribution in [0.2, 0.25) is 0 Å². The zero-order valence-electron chi connectivity index (χ0n) is 15.6. The Balaban J connectivity index is 0.00000261. The molecule has 0 radical (unpaired) electrons. The summed E-state index contributed by atoms with van der Waals surface area (Å²) in [5.74, 6) is -0.346. The molecule has 0 saturated heterocycles. The average molecular weight is 486 g/mol. The molecule has 0 aromatic heterocycles. The van der Waals surface area contributed by atoms with Crippen molar-refractivity contribution in [1.29, 1.82) is 0 Å². The Hall–Kier alpha value is -1.90. The van der Waals surface area contributed by atoms with E-state index in [1.807, 2.05) is 0 Å². The fourth-order valence-electron chi connectivity index (χ4n) is 3.21. The highest BCUT2D eigenvalue weighted by Crippen LogP contribution is 2.26. The normalized spacial score (nSPS) is 13.6. The first-order valence-corrected chi connectivity index (χ1v) is 8.78. The van der Waals surface area contributed by atoms with Crippen LogP contribution in [-0.4, -0.2) is 26.6 Å². The van der Waals surface area contributed by atoms with Crippen LogP contribution in [0.15, 0.2) is 41.4 Å². The highest BCUT2D eigenvalue weighted by atomic mass is 127. The van der Waals surface area contributed by atoms with Crippen molar-refractivity contribution < 1.29 is 8.78 Å². The lowest BCUT2D eigenvalue weighted by atomic mass is 9.99. The monoisotopic (exact) mass is 486 g/mol. The van der Waals surface area contributed by atoms with Crippen LogP contribution in [0.5, 0.6) is 0 Å². The number of hydrogen-bond donors (Lipinski definition) is 2. The first-order valence-electron chi connectivity index (χ1n) is 8.78. The molecule has 2 aromatic carbocycles. The van der Waals surface area contributed by atoms with Crippen LogP contribution >= 0.6 is 24.0 Å². The molecule has 1 aliphatic heterocycles. The summed E-state index contributed by atoms with van der Waals surface area (Å²) in [6.45, 7) is 1.87. The van der Waals surface area contributed by atoms with Crippen molar-refractivity contribution in [2.75, 3.05) is 25.5 Å². The number of fused-ring (bicyclic) bond motifs is 1. The van der Waals surface area contributed by atoms with Gasteiger partial charge in [-0.25, -0.2) is 8.78 Å². The summed E-state index contributed by atoms with van der Waals surface area (Å²) in [6, 6.07) is 9.91. The number of anilines is 1. The molecule has 146 valence electrons. The van der Waals surface area contributed by atoms with Gasteiger partial charge in [0.2, 0.25) is 0 Å². The van der Waals surface area contributed by atoms with Crippen LogP contribution < -0.4 is 15.5 Å². The molecule has 4 nitrogen and oxygen atoms in total. The molecule has 0 fully saturated rings. The first-order chi connectivity index (χ1) is 12.6. The van der Waals surface area contributed by atoms with Crippen molar-refractivity contribution in [3.63, 3.8) is 0 Å². The minimum absolute atomic E-state index is 0. The highest BCUT2D eigenvalue weighted by Gasteiger charge is 2.13. The van der Waals surface area contributed by atoms with Crippen molar-refractivity contribution in [1.82, 2.24) is 10.6 Å². The summed E-state index contributed by atoms with van der Waals surface area (Å²) in [4.78, 5) is 6.42. The maximum atomic E-state index is 13.7. The molecule has 27 heavy (non-hydrogen) atoms. The van der Waals surface area contributed by atoms with E-state index in [1.54, 1.807) is 7.05 Å². The maximum absolute atomic E-state index is 13.7. The third kappa shape index (κ3) is 5.54. The molecule has 0 spiro atoms. The quantitative estimate of drug-likeness (QED) is 0.392. The van der Waals surface area contributed by atoms with E-state index < -0.39 is 11.6 Å². The Morgan fingerprint density at radius 3 is 2.67 bits per heavy atom. The minimum Gasteiger partial charge on any atom is -0.374 e. The fourth-order valence-corrected chi connectivity index (χ4v) is 3.21. The Morgan fingerprint density at radius 1 is 1.11 bits per heavy atom. The largest absolute Gasteiger partial charge is 0.374 e. The van der Waals surface area contributed by atoms with Gasteiger partial charge in [0.25, 0.3) is 0 Å².